The molecule has 3 aromatic carbocycles. The number of rotatable bonds is 5. The monoisotopic (exact) mass is 427 g/mol. The third kappa shape index (κ3) is 3.45. The van der Waals surface area contributed by atoms with Gasteiger partial charge >= 0.3 is 0 Å². The van der Waals surface area contributed by atoms with Gasteiger partial charge in [-0.15, -0.1) is 11.8 Å². The Bertz CT molecular complexity index is 1310. The first-order valence-corrected chi connectivity index (χ1v) is 11.4. The molecule has 5 rings (SSSR count). The lowest BCUT2D eigenvalue weighted by Gasteiger charge is -2.25. The fourth-order valence-corrected chi connectivity index (χ4v) is 4.63. The maximum atomic E-state index is 13.4. The molecule has 1 atom stereocenters. The highest BCUT2D eigenvalue weighted by molar-refractivity contribution is 7.98. The summed E-state index contributed by atoms with van der Waals surface area (Å²) in [4.78, 5) is 29.8. The lowest BCUT2D eigenvalue weighted by atomic mass is 9.98. The van der Waals surface area contributed by atoms with E-state index in [0.29, 0.717) is 29.5 Å². The molecule has 2 heterocycles. The minimum absolute atomic E-state index is 0.133. The smallest absolute Gasteiger partial charge is 0.290 e. The standard InChI is InChI=1S/C26H21NO3S/c1-31-19-13-11-18(12-14-19)23-22-24(28)20-9-5-6-10-21(20)30-25(22)26(29)27(23)16-15-17-7-3-2-4-8-17/h2-14,23H,15-16H2,1H3/t23-/m1/s1. The number of amides is 1. The third-order valence-electron chi connectivity index (χ3n) is 5.79. The van der Waals surface area contributed by atoms with Gasteiger partial charge in [-0.1, -0.05) is 54.6 Å². The van der Waals surface area contributed by atoms with E-state index in [4.69, 9.17) is 4.42 Å². The van der Waals surface area contributed by atoms with Crippen molar-refractivity contribution in [2.45, 2.75) is 17.4 Å². The Morgan fingerprint density at radius 1 is 0.903 bits per heavy atom. The highest BCUT2D eigenvalue weighted by atomic mass is 32.2. The first-order valence-electron chi connectivity index (χ1n) is 10.2. The summed E-state index contributed by atoms with van der Waals surface area (Å²) in [7, 11) is 0. The first-order chi connectivity index (χ1) is 15.2. The average Bonchev–Trinajstić information content (AvgIpc) is 3.10. The van der Waals surface area contributed by atoms with E-state index < -0.39 is 6.04 Å². The van der Waals surface area contributed by atoms with Gasteiger partial charge in [-0.2, -0.15) is 0 Å². The van der Waals surface area contributed by atoms with Crippen molar-refractivity contribution in [1.29, 1.82) is 0 Å². The zero-order chi connectivity index (χ0) is 21.4. The molecule has 5 heteroatoms. The normalized spacial score (nSPS) is 15.5. The Labute approximate surface area is 184 Å². The van der Waals surface area contributed by atoms with Crippen LogP contribution in [0.25, 0.3) is 11.0 Å². The van der Waals surface area contributed by atoms with Crippen LogP contribution in [0.15, 0.2) is 93.0 Å². The molecule has 4 aromatic rings. The average molecular weight is 428 g/mol. The van der Waals surface area contributed by atoms with Crippen LogP contribution < -0.4 is 5.43 Å². The van der Waals surface area contributed by atoms with Crippen LogP contribution in [0.4, 0.5) is 0 Å². The number of thioether (sulfide) groups is 1. The molecule has 0 N–H and O–H groups in total. The molecule has 0 spiro atoms. The summed E-state index contributed by atoms with van der Waals surface area (Å²) in [6.07, 6.45) is 2.73. The topological polar surface area (TPSA) is 50.5 Å². The van der Waals surface area contributed by atoms with Gasteiger partial charge in [0.25, 0.3) is 5.91 Å². The van der Waals surface area contributed by atoms with Crippen LogP contribution in [0.2, 0.25) is 0 Å². The van der Waals surface area contributed by atoms with E-state index in [-0.39, 0.29) is 17.1 Å². The number of benzene rings is 3. The van der Waals surface area contributed by atoms with E-state index >= 15 is 0 Å². The lowest BCUT2D eigenvalue weighted by Crippen LogP contribution is -2.31. The molecule has 154 valence electrons. The van der Waals surface area contributed by atoms with Gasteiger partial charge in [0.15, 0.2) is 5.43 Å². The van der Waals surface area contributed by atoms with Crippen LogP contribution in [0.5, 0.6) is 0 Å². The molecule has 0 unspecified atom stereocenters. The lowest BCUT2D eigenvalue weighted by molar-refractivity contribution is 0.0730. The molecular weight excluding hydrogens is 406 g/mol. The first kappa shape index (κ1) is 19.6. The van der Waals surface area contributed by atoms with Crippen molar-refractivity contribution in [3.05, 3.63) is 112 Å². The van der Waals surface area contributed by atoms with Crippen LogP contribution in [0.1, 0.15) is 33.3 Å². The summed E-state index contributed by atoms with van der Waals surface area (Å²) in [6.45, 7) is 0.498. The molecule has 1 amide bonds. The van der Waals surface area contributed by atoms with Crippen molar-refractivity contribution in [3.8, 4) is 0 Å². The number of hydrogen-bond donors (Lipinski definition) is 0. The van der Waals surface area contributed by atoms with E-state index in [1.54, 1.807) is 28.8 Å². The quantitative estimate of drug-likeness (QED) is 0.406. The van der Waals surface area contributed by atoms with Crippen LogP contribution in [-0.4, -0.2) is 23.6 Å². The summed E-state index contributed by atoms with van der Waals surface area (Å²) < 4.78 is 5.98. The van der Waals surface area contributed by atoms with Crippen LogP contribution in [0.3, 0.4) is 0 Å². The summed E-state index contributed by atoms with van der Waals surface area (Å²) in [5, 5.41) is 0.504. The van der Waals surface area contributed by atoms with Gasteiger partial charge < -0.3 is 9.32 Å². The fraction of sp³-hybridized carbons (Fsp3) is 0.154. The van der Waals surface area contributed by atoms with E-state index in [2.05, 4.69) is 0 Å². The predicted molar refractivity (Wildman–Crippen MR) is 124 cm³/mol. The molecule has 0 saturated carbocycles. The molecule has 0 aliphatic carbocycles. The number of fused-ring (bicyclic) bond motifs is 2. The summed E-state index contributed by atoms with van der Waals surface area (Å²) in [5.41, 5.74) is 2.81. The largest absolute Gasteiger partial charge is 0.450 e. The van der Waals surface area contributed by atoms with Gasteiger partial charge in [0, 0.05) is 11.4 Å². The zero-order valence-electron chi connectivity index (χ0n) is 17.1. The summed E-state index contributed by atoms with van der Waals surface area (Å²) in [6, 6.07) is 24.8. The zero-order valence-corrected chi connectivity index (χ0v) is 17.9. The van der Waals surface area contributed by atoms with Gasteiger partial charge in [-0.25, -0.2) is 0 Å². The second-order valence-electron chi connectivity index (χ2n) is 7.58. The summed E-state index contributed by atoms with van der Waals surface area (Å²) in [5.74, 6) is -0.0663. The SMILES string of the molecule is CSc1ccc([C@@H]2c3c(oc4ccccc4c3=O)C(=O)N2CCc2ccccc2)cc1. The second-order valence-corrected chi connectivity index (χ2v) is 8.46. The number of hydrogen-bond acceptors (Lipinski definition) is 4. The van der Waals surface area contributed by atoms with Crippen molar-refractivity contribution < 1.29 is 9.21 Å². The maximum absolute atomic E-state index is 13.4. The van der Waals surface area contributed by atoms with Crippen LogP contribution in [0, 0.1) is 0 Å². The van der Waals surface area contributed by atoms with Gasteiger partial charge in [-0.3, -0.25) is 9.59 Å². The highest BCUT2D eigenvalue weighted by Gasteiger charge is 2.42. The van der Waals surface area contributed by atoms with Crippen molar-refractivity contribution in [3.63, 3.8) is 0 Å². The number of para-hydroxylation sites is 1. The molecule has 1 aliphatic heterocycles. The molecule has 0 radical (unpaired) electrons. The van der Waals surface area contributed by atoms with Crippen molar-refractivity contribution in [1.82, 2.24) is 4.90 Å². The molecule has 0 bridgehead atoms. The maximum Gasteiger partial charge on any atom is 0.290 e. The molecular formula is C26H21NO3S. The van der Waals surface area contributed by atoms with Crippen molar-refractivity contribution in [2.24, 2.45) is 0 Å². The Balaban J connectivity index is 1.63. The Morgan fingerprint density at radius 2 is 1.61 bits per heavy atom. The molecule has 1 aliphatic rings. The molecule has 1 aromatic heterocycles. The fourth-order valence-electron chi connectivity index (χ4n) is 4.22. The van der Waals surface area contributed by atoms with Gasteiger partial charge in [0.2, 0.25) is 5.76 Å². The Morgan fingerprint density at radius 3 is 2.35 bits per heavy atom. The third-order valence-corrected chi connectivity index (χ3v) is 6.53. The van der Waals surface area contributed by atoms with Crippen LogP contribution in [-0.2, 0) is 6.42 Å². The predicted octanol–water partition coefficient (Wildman–Crippen LogP) is 5.30. The molecule has 4 nitrogen and oxygen atoms in total. The minimum atomic E-state index is -0.456. The van der Waals surface area contributed by atoms with E-state index in [9.17, 15) is 9.59 Å². The highest BCUT2D eigenvalue weighted by Crippen LogP contribution is 2.38. The number of nitrogens with zero attached hydrogens (tertiary/aromatic N) is 1. The Hall–Kier alpha value is -3.31. The van der Waals surface area contributed by atoms with E-state index in [1.807, 2.05) is 73.0 Å². The van der Waals surface area contributed by atoms with Gasteiger partial charge in [-0.05, 0) is 48.1 Å². The van der Waals surface area contributed by atoms with Crippen LogP contribution >= 0.6 is 11.8 Å². The number of carbonyl (C=O) groups is 1. The van der Waals surface area contributed by atoms with Crippen molar-refractivity contribution in [2.75, 3.05) is 12.8 Å². The summed E-state index contributed by atoms with van der Waals surface area (Å²) >= 11 is 1.66. The molecule has 0 fully saturated rings. The Kier molecular flexibility index (Phi) is 5.12. The van der Waals surface area contributed by atoms with Crippen molar-refractivity contribution >= 4 is 28.6 Å². The molecule has 31 heavy (non-hydrogen) atoms. The van der Waals surface area contributed by atoms with Gasteiger partial charge in [0.1, 0.15) is 5.58 Å². The van der Waals surface area contributed by atoms with E-state index in [1.165, 1.54) is 0 Å². The second kappa shape index (κ2) is 8.08. The van der Waals surface area contributed by atoms with Gasteiger partial charge in [0.05, 0.1) is 17.0 Å². The minimum Gasteiger partial charge on any atom is -0.450 e. The van der Waals surface area contributed by atoms with E-state index in [0.717, 1.165) is 16.0 Å². The number of carbonyl (C=O) groups excluding carboxylic acids is 1. The molecule has 0 saturated heterocycles.